The summed E-state index contributed by atoms with van der Waals surface area (Å²) in [7, 11) is -2.68. The molecule has 0 atom stereocenters. The van der Waals surface area contributed by atoms with Gasteiger partial charge in [-0.25, -0.2) is 0 Å². The Labute approximate surface area is 98.3 Å². The van der Waals surface area contributed by atoms with Crippen LogP contribution < -0.4 is 0 Å². The number of rotatable bonds is 3. The maximum absolute atomic E-state index is 12.6. The standard InChI is InChI=1S/C11H13F3O2S/c1-17(2,16)7-10(15)8-5-3-4-6-9(8)11(12,13)14/h3-6,17H,7H2,1-2H3. The molecule has 1 aromatic rings. The summed E-state index contributed by atoms with van der Waals surface area (Å²) >= 11 is 0. The molecule has 0 heterocycles. The summed E-state index contributed by atoms with van der Waals surface area (Å²) in [6, 6.07) is 4.54. The average Bonchev–Trinajstić information content (AvgIpc) is 2.13. The molecule has 0 unspecified atom stereocenters. The van der Waals surface area contributed by atoms with Gasteiger partial charge in [-0.3, -0.25) is 9.00 Å². The van der Waals surface area contributed by atoms with Gasteiger partial charge in [-0.05, 0) is 18.6 Å². The second-order valence-electron chi connectivity index (χ2n) is 4.20. The molecule has 0 aromatic heterocycles. The fourth-order valence-electron chi connectivity index (χ4n) is 1.40. The topological polar surface area (TPSA) is 34.1 Å². The molecule has 2 nitrogen and oxygen atoms in total. The summed E-state index contributed by atoms with van der Waals surface area (Å²) in [5, 5.41) is 0. The summed E-state index contributed by atoms with van der Waals surface area (Å²) in [6.07, 6.45) is -1.82. The van der Waals surface area contributed by atoms with Gasteiger partial charge in [-0.1, -0.05) is 18.2 Å². The molecule has 0 amide bonds. The zero-order chi connectivity index (χ0) is 13.3. The third-order valence-electron chi connectivity index (χ3n) is 2.06. The first-order valence-corrected chi connectivity index (χ1v) is 7.63. The van der Waals surface area contributed by atoms with Crippen molar-refractivity contribution in [3.8, 4) is 0 Å². The van der Waals surface area contributed by atoms with Crippen molar-refractivity contribution < 1.29 is 22.2 Å². The third kappa shape index (κ3) is 3.96. The number of benzene rings is 1. The summed E-state index contributed by atoms with van der Waals surface area (Å²) in [6.45, 7) is 0. The zero-order valence-electron chi connectivity index (χ0n) is 9.41. The Balaban J connectivity index is 3.15. The van der Waals surface area contributed by atoms with Gasteiger partial charge < -0.3 is 0 Å². The Morgan fingerprint density at radius 3 is 2.24 bits per heavy atom. The molecule has 1 rings (SSSR count). The van der Waals surface area contributed by atoms with Gasteiger partial charge in [0.1, 0.15) is 0 Å². The van der Waals surface area contributed by atoms with Gasteiger partial charge in [0, 0.05) is 5.56 Å². The van der Waals surface area contributed by atoms with Crippen LogP contribution in [-0.2, 0) is 16.1 Å². The van der Waals surface area contributed by atoms with E-state index in [-0.39, 0.29) is 5.75 Å². The van der Waals surface area contributed by atoms with E-state index >= 15 is 0 Å². The number of carbonyl (C=O) groups excluding carboxylic acids is 1. The predicted molar refractivity (Wildman–Crippen MR) is 62.0 cm³/mol. The number of halogens is 3. The largest absolute Gasteiger partial charge is 0.417 e. The van der Waals surface area contributed by atoms with Gasteiger partial charge in [0.15, 0.2) is 5.78 Å². The molecule has 0 aliphatic heterocycles. The molecule has 0 aliphatic rings. The van der Waals surface area contributed by atoms with Crippen LogP contribution in [0.3, 0.4) is 0 Å². The van der Waals surface area contributed by atoms with Crippen molar-refractivity contribution in [1.82, 2.24) is 0 Å². The van der Waals surface area contributed by atoms with E-state index in [0.29, 0.717) is 0 Å². The van der Waals surface area contributed by atoms with E-state index in [1.54, 1.807) is 0 Å². The van der Waals surface area contributed by atoms with Crippen LogP contribution in [-0.4, -0.2) is 28.3 Å². The summed E-state index contributed by atoms with van der Waals surface area (Å²) < 4.78 is 49.3. The number of carbonyl (C=O) groups is 1. The Morgan fingerprint density at radius 1 is 1.24 bits per heavy atom. The number of ketones is 1. The van der Waals surface area contributed by atoms with Gasteiger partial charge in [0.25, 0.3) is 0 Å². The van der Waals surface area contributed by atoms with Crippen LogP contribution in [0.4, 0.5) is 13.2 Å². The maximum Gasteiger partial charge on any atom is 0.417 e. The van der Waals surface area contributed by atoms with Crippen molar-refractivity contribution >= 4 is 15.7 Å². The van der Waals surface area contributed by atoms with Crippen LogP contribution in [0, 0.1) is 0 Å². The molecular formula is C11H13F3O2S. The first-order valence-electron chi connectivity index (χ1n) is 4.85. The van der Waals surface area contributed by atoms with E-state index in [4.69, 9.17) is 0 Å². The molecule has 6 heteroatoms. The molecule has 0 radical (unpaired) electrons. The number of alkyl halides is 3. The first kappa shape index (κ1) is 13.9. The highest BCUT2D eigenvalue weighted by Crippen LogP contribution is 2.32. The molecule has 0 fully saturated rings. The van der Waals surface area contributed by atoms with E-state index in [1.165, 1.54) is 24.6 Å². The Bertz CT molecular complexity index is 474. The van der Waals surface area contributed by atoms with Gasteiger partial charge in [0.2, 0.25) is 0 Å². The quantitative estimate of drug-likeness (QED) is 0.672. The van der Waals surface area contributed by atoms with E-state index in [0.717, 1.165) is 12.1 Å². The summed E-state index contributed by atoms with van der Waals surface area (Å²) in [5.74, 6) is -1.08. The predicted octanol–water partition coefficient (Wildman–Crippen LogP) is 2.16. The van der Waals surface area contributed by atoms with Gasteiger partial charge >= 0.3 is 6.18 Å². The van der Waals surface area contributed by atoms with Crippen LogP contribution in [0.25, 0.3) is 0 Å². The molecular weight excluding hydrogens is 253 g/mol. The smallest absolute Gasteiger partial charge is 0.293 e. The lowest BCUT2D eigenvalue weighted by atomic mass is 10.0. The summed E-state index contributed by atoms with van der Waals surface area (Å²) in [5.41, 5.74) is -1.39. The van der Waals surface area contributed by atoms with Gasteiger partial charge in [-0.2, -0.15) is 13.2 Å². The monoisotopic (exact) mass is 266 g/mol. The van der Waals surface area contributed by atoms with E-state index in [1.807, 2.05) is 0 Å². The highest BCUT2D eigenvalue weighted by atomic mass is 32.2. The normalized spacial score (nSPS) is 13.5. The lowest BCUT2D eigenvalue weighted by Gasteiger charge is -2.14. The molecule has 0 N–H and O–H groups in total. The first-order chi connectivity index (χ1) is 7.61. The molecule has 0 spiro atoms. The molecule has 0 saturated heterocycles. The SMILES string of the molecule is C[SH](C)(=O)CC(=O)c1ccccc1C(F)(F)F. The number of hydrogen-bond donors (Lipinski definition) is 1. The zero-order valence-corrected chi connectivity index (χ0v) is 10.3. The average molecular weight is 266 g/mol. The van der Waals surface area contributed by atoms with Crippen molar-refractivity contribution in [2.24, 2.45) is 0 Å². The van der Waals surface area contributed by atoms with Crippen molar-refractivity contribution in [3.05, 3.63) is 35.4 Å². The van der Waals surface area contributed by atoms with Crippen LogP contribution >= 0.6 is 0 Å². The molecule has 0 bridgehead atoms. The van der Waals surface area contributed by atoms with Crippen LogP contribution in [0.5, 0.6) is 0 Å². The third-order valence-corrected chi connectivity index (χ3v) is 3.11. The van der Waals surface area contributed by atoms with Crippen molar-refractivity contribution in [2.45, 2.75) is 6.18 Å². The molecule has 96 valence electrons. The highest BCUT2D eigenvalue weighted by Gasteiger charge is 2.34. The second-order valence-corrected chi connectivity index (χ2v) is 7.66. The van der Waals surface area contributed by atoms with Crippen molar-refractivity contribution in [1.29, 1.82) is 0 Å². The minimum atomic E-state index is -4.57. The maximum atomic E-state index is 12.6. The second kappa shape index (κ2) is 4.60. The molecule has 0 aliphatic carbocycles. The Morgan fingerprint density at radius 2 is 1.76 bits per heavy atom. The Kier molecular flexibility index (Phi) is 3.76. The minimum absolute atomic E-state index is 0.347. The van der Waals surface area contributed by atoms with Crippen molar-refractivity contribution in [3.63, 3.8) is 0 Å². The summed E-state index contributed by atoms with van der Waals surface area (Å²) in [4.78, 5) is 11.7. The fraction of sp³-hybridized carbons (Fsp3) is 0.364. The lowest BCUT2D eigenvalue weighted by molar-refractivity contribution is -0.137. The van der Waals surface area contributed by atoms with E-state index < -0.39 is 33.0 Å². The molecule has 1 aromatic carbocycles. The van der Waals surface area contributed by atoms with E-state index in [9.17, 15) is 22.2 Å². The lowest BCUT2D eigenvalue weighted by Crippen LogP contribution is -2.23. The van der Waals surface area contributed by atoms with Crippen LogP contribution in [0.15, 0.2) is 24.3 Å². The number of hydrogen-bond acceptors (Lipinski definition) is 2. The highest BCUT2D eigenvalue weighted by molar-refractivity contribution is 8.02. The van der Waals surface area contributed by atoms with Crippen LogP contribution in [0.2, 0.25) is 0 Å². The molecule has 17 heavy (non-hydrogen) atoms. The fourth-order valence-corrected chi connectivity index (χ4v) is 2.27. The number of thiol groups is 1. The van der Waals surface area contributed by atoms with E-state index in [2.05, 4.69) is 0 Å². The van der Waals surface area contributed by atoms with Crippen molar-refractivity contribution in [2.75, 3.05) is 18.3 Å². The molecule has 0 saturated carbocycles. The van der Waals surface area contributed by atoms with Gasteiger partial charge in [0.05, 0.1) is 11.3 Å². The Hall–Kier alpha value is -1.17. The van der Waals surface area contributed by atoms with Crippen LogP contribution in [0.1, 0.15) is 15.9 Å². The number of Topliss-reactive ketones (excluding diaryl/α,β-unsaturated/α-hetero) is 1. The minimum Gasteiger partial charge on any atom is -0.293 e. The van der Waals surface area contributed by atoms with Gasteiger partial charge in [-0.15, -0.1) is 9.93 Å².